The molecule has 0 heterocycles. The third-order valence-corrected chi connectivity index (χ3v) is 17.8. The maximum absolute atomic E-state index is 13.0. The fourth-order valence-corrected chi connectivity index (χ4v) is 11.7. The molecule has 0 spiro atoms. The van der Waals surface area contributed by atoms with Crippen LogP contribution < -0.4 is 0 Å². The third-order valence-electron chi connectivity index (χ3n) is 15.9. The van der Waals surface area contributed by atoms with E-state index in [1.807, 2.05) is 0 Å². The summed E-state index contributed by atoms with van der Waals surface area (Å²) in [5, 5.41) is 10.6. The van der Waals surface area contributed by atoms with Gasteiger partial charge in [0, 0.05) is 25.7 Å². The minimum Gasteiger partial charge on any atom is -0.462 e. The van der Waals surface area contributed by atoms with Gasteiger partial charge >= 0.3 is 39.5 Å². The average Bonchev–Trinajstić information content (AvgIpc) is 3.66. The molecule has 0 fully saturated rings. The molecule has 0 rings (SSSR count). The maximum Gasteiger partial charge on any atom is 0.472 e. The van der Waals surface area contributed by atoms with E-state index in [-0.39, 0.29) is 25.7 Å². The van der Waals surface area contributed by atoms with Crippen LogP contribution in [0.25, 0.3) is 0 Å². The first-order chi connectivity index (χ1) is 41.6. The molecule has 86 heavy (non-hydrogen) atoms. The summed E-state index contributed by atoms with van der Waals surface area (Å²) in [6.45, 7) is 7.21. The van der Waals surface area contributed by atoms with Crippen molar-refractivity contribution in [3.8, 4) is 0 Å². The maximum atomic E-state index is 13.0. The Morgan fingerprint density at radius 2 is 0.558 bits per heavy atom. The van der Waals surface area contributed by atoms with Gasteiger partial charge in [0.2, 0.25) is 0 Å². The second kappa shape index (κ2) is 60.6. The molecule has 0 aliphatic heterocycles. The third kappa shape index (κ3) is 59.7. The number of carbonyl (C=O) groups excluding carboxylic acids is 4. The van der Waals surface area contributed by atoms with Crippen molar-refractivity contribution in [2.75, 3.05) is 39.6 Å². The molecule has 0 aromatic rings. The lowest BCUT2D eigenvalue weighted by Crippen LogP contribution is -2.30. The van der Waals surface area contributed by atoms with Gasteiger partial charge in [-0.2, -0.15) is 0 Å². The van der Waals surface area contributed by atoms with E-state index in [1.165, 1.54) is 167 Å². The van der Waals surface area contributed by atoms with E-state index in [0.717, 1.165) is 95.8 Å². The first kappa shape index (κ1) is 84.1. The van der Waals surface area contributed by atoms with Gasteiger partial charge in [0.1, 0.15) is 19.3 Å². The number of phosphoric acid groups is 2. The van der Waals surface area contributed by atoms with Crippen LogP contribution in [-0.2, 0) is 65.4 Å². The molecule has 0 aromatic carbocycles. The van der Waals surface area contributed by atoms with Gasteiger partial charge in [0.15, 0.2) is 12.2 Å². The summed E-state index contributed by atoms with van der Waals surface area (Å²) in [5.74, 6) is -1.35. The number of ether oxygens (including phenoxy) is 4. The van der Waals surface area contributed by atoms with Crippen LogP contribution in [0, 0.1) is 5.92 Å². The van der Waals surface area contributed by atoms with Crippen molar-refractivity contribution in [3.63, 3.8) is 0 Å². The molecule has 0 aliphatic rings. The highest BCUT2D eigenvalue weighted by Gasteiger charge is 2.30. The number of rotatable bonds is 67. The molecule has 0 aliphatic carbocycles. The topological polar surface area (TPSA) is 237 Å². The highest BCUT2D eigenvalue weighted by Crippen LogP contribution is 2.45. The van der Waals surface area contributed by atoms with Crippen molar-refractivity contribution in [2.24, 2.45) is 5.92 Å². The number of aliphatic hydroxyl groups is 1. The number of unbranched alkanes of at least 4 members (excludes halogenated alkanes) is 38. The molecule has 3 unspecified atom stereocenters. The largest absolute Gasteiger partial charge is 0.472 e. The average molecular weight is 1270 g/mol. The Bertz CT molecular complexity index is 1670. The summed E-state index contributed by atoms with van der Waals surface area (Å²) in [6, 6.07) is 0. The Balaban J connectivity index is 5.25. The molecule has 0 aromatic heterocycles. The molecule has 0 saturated carbocycles. The van der Waals surface area contributed by atoms with Crippen molar-refractivity contribution in [1.82, 2.24) is 0 Å². The van der Waals surface area contributed by atoms with Gasteiger partial charge in [-0.05, 0) is 31.6 Å². The fraction of sp³-hybridized carbons (Fsp3) is 0.940. The van der Waals surface area contributed by atoms with E-state index in [9.17, 15) is 43.2 Å². The van der Waals surface area contributed by atoms with Gasteiger partial charge in [0.05, 0.1) is 26.4 Å². The van der Waals surface area contributed by atoms with Crippen LogP contribution in [0.5, 0.6) is 0 Å². The van der Waals surface area contributed by atoms with E-state index in [1.54, 1.807) is 0 Å². The van der Waals surface area contributed by atoms with E-state index >= 15 is 0 Å². The number of phosphoric ester groups is 2. The van der Waals surface area contributed by atoms with Crippen molar-refractivity contribution in [3.05, 3.63) is 0 Å². The number of esters is 4. The minimum absolute atomic E-state index is 0.107. The smallest absolute Gasteiger partial charge is 0.462 e. The summed E-state index contributed by atoms with van der Waals surface area (Å²) in [6.07, 6.45) is 45.6. The van der Waals surface area contributed by atoms with Gasteiger partial charge in [0.25, 0.3) is 0 Å². The number of hydrogen-bond acceptors (Lipinski definition) is 15. The van der Waals surface area contributed by atoms with Crippen LogP contribution in [0.2, 0.25) is 0 Å². The first-order valence-corrected chi connectivity index (χ1v) is 38.2. The zero-order chi connectivity index (χ0) is 63.5. The lowest BCUT2D eigenvalue weighted by atomic mass is 9.99. The van der Waals surface area contributed by atoms with Crippen LogP contribution in [0.1, 0.15) is 343 Å². The molecule has 6 atom stereocenters. The van der Waals surface area contributed by atoms with E-state index in [2.05, 4.69) is 34.6 Å². The predicted octanol–water partition coefficient (Wildman–Crippen LogP) is 19.0. The second-order valence-electron chi connectivity index (χ2n) is 24.5. The Labute approximate surface area is 524 Å². The zero-order valence-electron chi connectivity index (χ0n) is 55.4. The van der Waals surface area contributed by atoms with Crippen molar-refractivity contribution in [2.45, 2.75) is 361 Å². The summed E-state index contributed by atoms with van der Waals surface area (Å²) in [4.78, 5) is 72.4. The Kier molecular flexibility index (Phi) is 59.2. The van der Waals surface area contributed by atoms with Gasteiger partial charge in [-0.25, -0.2) is 9.13 Å². The Hall–Kier alpha value is -1.94. The van der Waals surface area contributed by atoms with E-state index in [4.69, 9.17) is 37.0 Å². The molecule has 510 valence electrons. The standard InChI is InChI=1S/C67H130O17P2/c1-6-10-13-16-19-22-24-26-28-31-38-43-48-53-67(72)84-63(57-78-65(70)51-46-41-36-33-32-34-39-44-49-60(5)9-4)59-82-86(75,76)80-55-61(68)54-79-85(73,74)81-58-62(56-77-64(69)50-45-40-35-29-21-18-15-12-8-3)83-66(71)52-47-42-37-30-27-25-23-20-17-14-11-7-2/h60-63,68H,6-59H2,1-5H3,(H,73,74)(H,75,76)/t60?,61-,62+,63+/m0/s1. The monoisotopic (exact) mass is 1270 g/mol. The van der Waals surface area contributed by atoms with Crippen molar-refractivity contribution in [1.29, 1.82) is 0 Å². The molecular formula is C67H130O17P2. The molecular weight excluding hydrogens is 1140 g/mol. The quantitative estimate of drug-likeness (QED) is 0.0222. The predicted molar refractivity (Wildman–Crippen MR) is 345 cm³/mol. The lowest BCUT2D eigenvalue weighted by Gasteiger charge is -2.21. The number of aliphatic hydroxyl groups excluding tert-OH is 1. The molecule has 19 heteroatoms. The van der Waals surface area contributed by atoms with Crippen LogP contribution in [-0.4, -0.2) is 96.7 Å². The van der Waals surface area contributed by atoms with E-state index in [0.29, 0.717) is 25.7 Å². The molecule has 0 bridgehead atoms. The summed E-state index contributed by atoms with van der Waals surface area (Å²) >= 11 is 0. The molecule has 0 saturated heterocycles. The lowest BCUT2D eigenvalue weighted by molar-refractivity contribution is -0.161. The minimum atomic E-state index is -4.95. The molecule has 0 radical (unpaired) electrons. The van der Waals surface area contributed by atoms with Gasteiger partial charge in [-0.1, -0.05) is 291 Å². The number of carbonyl (C=O) groups is 4. The second-order valence-corrected chi connectivity index (χ2v) is 27.4. The zero-order valence-corrected chi connectivity index (χ0v) is 57.2. The highest BCUT2D eigenvalue weighted by molar-refractivity contribution is 7.47. The summed E-state index contributed by atoms with van der Waals surface area (Å²) < 4.78 is 68.1. The SMILES string of the molecule is CCCCCCCCCCCCCCCC(=O)O[C@H](COC(=O)CCCCCCCCCCC(C)CC)COP(=O)(O)OC[C@@H](O)COP(=O)(O)OC[C@@H](COC(=O)CCCCCCCCCCC)OC(=O)CCCCCCCCCCCCCC. The van der Waals surface area contributed by atoms with Crippen LogP contribution in [0.15, 0.2) is 0 Å². The van der Waals surface area contributed by atoms with Crippen LogP contribution >= 0.6 is 15.6 Å². The van der Waals surface area contributed by atoms with Crippen molar-refractivity contribution < 1.29 is 80.2 Å². The summed E-state index contributed by atoms with van der Waals surface area (Å²) in [5.41, 5.74) is 0. The van der Waals surface area contributed by atoms with Crippen LogP contribution in [0.4, 0.5) is 0 Å². The van der Waals surface area contributed by atoms with E-state index < -0.39 is 97.5 Å². The number of hydrogen-bond donors (Lipinski definition) is 3. The highest BCUT2D eigenvalue weighted by atomic mass is 31.2. The Morgan fingerprint density at radius 1 is 0.326 bits per heavy atom. The Morgan fingerprint density at radius 3 is 0.826 bits per heavy atom. The van der Waals surface area contributed by atoms with Gasteiger partial charge < -0.3 is 33.8 Å². The molecule has 0 amide bonds. The normalized spacial score (nSPS) is 14.5. The van der Waals surface area contributed by atoms with Gasteiger partial charge in [-0.15, -0.1) is 0 Å². The van der Waals surface area contributed by atoms with Gasteiger partial charge in [-0.3, -0.25) is 37.3 Å². The fourth-order valence-electron chi connectivity index (χ4n) is 10.1. The van der Waals surface area contributed by atoms with Crippen LogP contribution in [0.3, 0.4) is 0 Å². The summed E-state index contributed by atoms with van der Waals surface area (Å²) in [7, 11) is -9.89. The first-order valence-electron chi connectivity index (χ1n) is 35.2. The molecule has 3 N–H and O–H groups in total. The molecule has 17 nitrogen and oxygen atoms in total. The van der Waals surface area contributed by atoms with Crippen molar-refractivity contribution >= 4 is 39.5 Å².